The number of benzene rings is 2. The van der Waals surface area contributed by atoms with Gasteiger partial charge >= 0.3 is 0 Å². The number of tetrazole rings is 1. The molecular formula is C17H15BrClN5O3S. The smallest absolute Gasteiger partial charge is 0.234 e. The van der Waals surface area contributed by atoms with Crippen molar-refractivity contribution in [3.63, 3.8) is 0 Å². The van der Waals surface area contributed by atoms with E-state index in [1.165, 1.54) is 16.4 Å². The van der Waals surface area contributed by atoms with Crippen LogP contribution in [0.25, 0.3) is 5.69 Å². The second-order valence-corrected chi connectivity index (χ2v) is 7.64. The number of carbonyl (C=O) groups excluding carboxylic acids is 1. The van der Waals surface area contributed by atoms with Gasteiger partial charge in [-0.3, -0.25) is 4.79 Å². The maximum Gasteiger partial charge on any atom is 0.234 e. The van der Waals surface area contributed by atoms with Crippen LogP contribution in [-0.4, -0.2) is 46.1 Å². The molecule has 0 saturated carbocycles. The highest BCUT2D eigenvalue weighted by Gasteiger charge is 2.16. The summed E-state index contributed by atoms with van der Waals surface area (Å²) in [6, 6.07) is 10.5. The first kappa shape index (κ1) is 20.4. The van der Waals surface area contributed by atoms with E-state index in [0.717, 1.165) is 4.47 Å². The topological polar surface area (TPSA) is 91.2 Å². The van der Waals surface area contributed by atoms with Gasteiger partial charge in [0.15, 0.2) is 0 Å². The molecule has 3 aromatic rings. The Kier molecular flexibility index (Phi) is 6.76. The molecule has 0 aliphatic carbocycles. The molecule has 2 aromatic carbocycles. The Bertz CT molecular complexity index is 1000. The Hall–Kier alpha value is -2.30. The van der Waals surface area contributed by atoms with Crippen molar-refractivity contribution in [2.45, 2.75) is 5.16 Å². The largest absolute Gasteiger partial charge is 0.497 e. The van der Waals surface area contributed by atoms with Gasteiger partial charge in [-0.1, -0.05) is 39.3 Å². The molecule has 0 bridgehead atoms. The standard InChI is InChI=1S/C17H15BrClN5O3S/c1-26-11-4-6-15(27-2)14(8-11)24-17(21-22-23-24)28-9-16(25)20-13-5-3-10(18)7-12(13)19/h3-8H,9H2,1-2H3,(H,20,25). The van der Waals surface area contributed by atoms with Crippen molar-refractivity contribution >= 4 is 50.9 Å². The zero-order valence-corrected chi connectivity index (χ0v) is 18.0. The van der Waals surface area contributed by atoms with Crippen molar-refractivity contribution in [1.82, 2.24) is 20.2 Å². The molecule has 1 N–H and O–H groups in total. The Morgan fingerprint density at radius 3 is 2.79 bits per heavy atom. The Labute approximate surface area is 178 Å². The summed E-state index contributed by atoms with van der Waals surface area (Å²) in [5, 5.41) is 15.3. The maximum absolute atomic E-state index is 12.3. The van der Waals surface area contributed by atoms with Gasteiger partial charge in [-0.25, -0.2) is 0 Å². The summed E-state index contributed by atoms with van der Waals surface area (Å²) < 4.78 is 12.9. The van der Waals surface area contributed by atoms with Gasteiger partial charge in [-0.05, 0) is 40.8 Å². The van der Waals surface area contributed by atoms with Crippen molar-refractivity contribution in [1.29, 1.82) is 0 Å². The number of ether oxygens (including phenoxy) is 2. The molecule has 1 aromatic heterocycles. The van der Waals surface area contributed by atoms with E-state index in [-0.39, 0.29) is 11.7 Å². The van der Waals surface area contributed by atoms with E-state index in [4.69, 9.17) is 21.1 Å². The van der Waals surface area contributed by atoms with Crippen LogP contribution in [0, 0.1) is 0 Å². The number of methoxy groups -OCH3 is 2. The number of hydrogen-bond donors (Lipinski definition) is 1. The molecule has 1 amide bonds. The van der Waals surface area contributed by atoms with Crippen LogP contribution in [0.5, 0.6) is 11.5 Å². The van der Waals surface area contributed by atoms with E-state index in [2.05, 4.69) is 36.8 Å². The number of nitrogens with one attached hydrogen (secondary N) is 1. The van der Waals surface area contributed by atoms with E-state index in [9.17, 15) is 4.79 Å². The van der Waals surface area contributed by atoms with E-state index in [1.54, 1.807) is 50.6 Å². The lowest BCUT2D eigenvalue weighted by Crippen LogP contribution is -2.15. The summed E-state index contributed by atoms with van der Waals surface area (Å²) in [4.78, 5) is 12.3. The normalized spacial score (nSPS) is 10.6. The molecule has 0 saturated heterocycles. The summed E-state index contributed by atoms with van der Waals surface area (Å²) >= 11 is 10.6. The average molecular weight is 485 g/mol. The van der Waals surface area contributed by atoms with Gasteiger partial charge in [0.25, 0.3) is 0 Å². The Balaban J connectivity index is 1.73. The highest BCUT2D eigenvalue weighted by Crippen LogP contribution is 2.30. The van der Waals surface area contributed by atoms with Crippen LogP contribution in [0.2, 0.25) is 5.02 Å². The fraction of sp³-hybridized carbons (Fsp3) is 0.176. The van der Waals surface area contributed by atoms with Crippen LogP contribution in [0.3, 0.4) is 0 Å². The molecule has 8 nitrogen and oxygen atoms in total. The lowest BCUT2D eigenvalue weighted by Gasteiger charge is -2.11. The number of nitrogens with zero attached hydrogens (tertiary/aromatic N) is 4. The van der Waals surface area contributed by atoms with Crippen molar-refractivity contribution in [3.8, 4) is 17.2 Å². The lowest BCUT2D eigenvalue weighted by atomic mass is 10.3. The van der Waals surface area contributed by atoms with Gasteiger partial charge in [0, 0.05) is 10.5 Å². The highest BCUT2D eigenvalue weighted by atomic mass is 79.9. The number of rotatable bonds is 7. The minimum atomic E-state index is -0.235. The quantitative estimate of drug-likeness (QED) is 0.510. The fourth-order valence-electron chi connectivity index (χ4n) is 2.29. The third-order valence-electron chi connectivity index (χ3n) is 3.59. The Morgan fingerprint density at radius 1 is 1.25 bits per heavy atom. The molecule has 0 aliphatic heterocycles. The highest BCUT2D eigenvalue weighted by molar-refractivity contribution is 9.10. The van der Waals surface area contributed by atoms with Gasteiger partial charge in [0.2, 0.25) is 11.1 Å². The van der Waals surface area contributed by atoms with Crippen molar-refractivity contribution in [2.75, 3.05) is 25.3 Å². The number of hydrogen-bond acceptors (Lipinski definition) is 7. The lowest BCUT2D eigenvalue weighted by molar-refractivity contribution is -0.113. The third-order valence-corrected chi connectivity index (χ3v) is 5.32. The predicted molar refractivity (Wildman–Crippen MR) is 111 cm³/mol. The fourth-order valence-corrected chi connectivity index (χ4v) is 3.69. The zero-order valence-electron chi connectivity index (χ0n) is 14.8. The molecule has 0 radical (unpaired) electrons. The number of thioether (sulfide) groups is 1. The summed E-state index contributed by atoms with van der Waals surface area (Å²) in [5.74, 6) is 1.06. The van der Waals surface area contributed by atoms with E-state index in [1.807, 2.05) is 0 Å². The van der Waals surface area contributed by atoms with E-state index < -0.39 is 0 Å². The van der Waals surface area contributed by atoms with Gasteiger partial charge in [0.05, 0.1) is 30.7 Å². The van der Waals surface area contributed by atoms with Crippen molar-refractivity contribution in [2.24, 2.45) is 0 Å². The summed E-state index contributed by atoms with van der Waals surface area (Å²) in [6.45, 7) is 0. The maximum atomic E-state index is 12.3. The molecular weight excluding hydrogens is 470 g/mol. The van der Waals surface area contributed by atoms with Crippen LogP contribution < -0.4 is 14.8 Å². The van der Waals surface area contributed by atoms with Crippen LogP contribution in [0.1, 0.15) is 0 Å². The molecule has 3 rings (SSSR count). The number of aromatic nitrogens is 4. The van der Waals surface area contributed by atoms with Crippen molar-refractivity contribution < 1.29 is 14.3 Å². The Morgan fingerprint density at radius 2 is 2.07 bits per heavy atom. The van der Waals surface area contributed by atoms with Crippen LogP contribution in [-0.2, 0) is 4.79 Å². The molecule has 0 unspecified atom stereocenters. The molecule has 11 heteroatoms. The number of halogens is 2. The zero-order chi connectivity index (χ0) is 20.1. The van der Waals surface area contributed by atoms with Gasteiger partial charge in [-0.15, -0.1) is 5.10 Å². The van der Waals surface area contributed by atoms with Crippen molar-refractivity contribution in [3.05, 3.63) is 45.9 Å². The van der Waals surface area contributed by atoms with E-state index >= 15 is 0 Å². The molecule has 0 atom stereocenters. The summed E-state index contributed by atoms with van der Waals surface area (Å²) in [6.07, 6.45) is 0. The third kappa shape index (κ3) is 4.75. The molecule has 0 spiro atoms. The monoisotopic (exact) mass is 483 g/mol. The van der Waals surface area contributed by atoms with E-state index in [0.29, 0.717) is 33.1 Å². The minimum Gasteiger partial charge on any atom is -0.497 e. The van der Waals surface area contributed by atoms with Crippen LogP contribution in [0.4, 0.5) is 5.69 Å². The number of carbonyl (C=O) groups is 1. The van der Waals surface area contributed by atoms with Gasteiger partial charge < -0.3 is 14.8 Å². The first-order chi connectivity index (χ1) is 13.5. The second kappa shape index (κ2) is 9.26. The number of anilines is 1. The number of amides is 1. The molecule has 146 valence electrons. The SMILES string of the molecule is COc1ccc(OC)c(-n2nnnc2SCC(=O)Nc2ccc(Br)cc2Cl)c1. The van der Waals surface area contributed by atoms with Crippen LogP contribution in [0.15, 0.2) is 46.0 Å². The molecule has 0 fully saturated rings. The second-order valence-electron chi connectivity index (χ2n) is 5.37. The molecule has 28 heavy (non-hydrogen) atoms. The van der Waals surface area contributed by atoms with Gasteiger partial charge in [-0.2, -0.15) is 4.68 Å². The first-order valence-electron chi connectivity index (χ1n) is 7.90. The van der Waals surface area contributed by atoms with Crippen LogP contribution >= 0.6 is 39.3 Å². The predicted octanol–water partition coefficient (Wildman–Crippen LogP) is 3.83. The van der Waals surface area contributed by atoms with Gasteiger partial charge in [0.1, 0.15) is 17.2 Å². The summed E-state index contributed by atoms with van der Waals surface area (Å²) in [7, 11) is 3.12. The molecule has 0 aliphatic rings. The minimum absolute atomic E-state index is 0.0963. The summed E-state index contributed by atoms with van der Waals surface area (Å²) in [5.41, 5.74) is 1.13. The molecule has 1 heterocycles. The first-order valence-corrected chi connectivity index (χ1v) is 10.1. The average Bonchev–Trinajstić information content (AvgIpc) is 3.16.